The number of halogens is 1. The Morgan fingerprint density at radius 1 is 0.941 bits per heavy atom. The van der Waals surface area contributed by atoms with Gasteiger partial charge in [-0.15, -0.1) is 11.8 Å². The van der Waals surface area contributed by atoms with Gasteiger partial charge in [-0.25, -0.2) is 4.39 Å². The van der Waals surface area contributed by atoms with Crippen LogP contribution in [-0.2, 0) is 0 Å². The molecule has 0 saturated carbocycles. The molecule has 0 amide bonds. The number of para-hydroxylation sites is 1. The molecule has 0 aliphatic rings. The molecule has 88 valence electrons. The minimum atomic E-state index is -0.169. The summed E-state index contributed by atoms with van der Waals surface area (Å²) < 4.78 is 18.8. The molecular weight excluding hydrogens is 235 g/mol. The molecule has 17 heavy (non-hydrogen) atoms. The Bertz CT molecular complexity index is 459. The highest BCUT2D eigenvalue weighted by atomic mass is 32.2. The second kappa shape index (κ2) is 6.30. The van der Waals surface area contributed by atoms with Crippen LogP contribution in [0.1, 0.15) is 0 Å². The summed E-state index contributed by atoms with van der Waals surface area (Å²) in [4.78, 5) is 0.671. The molecule has 0 saturated heterocycles. The van der Waals surface area contributed by atoms with Crippen LogP contribution in [0.25, 0.3) is 0 Å². The molecule has 0 bridgehead atoms. The van der Waals surface area contributed by atoms with Crippen LogP contribution >= 0.6 is 11.8 Å². The molecule has 3 heteroatoms. The maximum Gasteiger partial charge on any atom is 0.136 e. The van der Waals surface area contributed by atoms with Gasteiger partial charge in [-0.05, 0) is 24.3 Å². The monoisotopic (exact) mass is 248 g/mol. The SMILES string of the molecule is Fc1ccccc1SCCOc1ccccc1. The van der Waals surface area contributed by atoms with E-state index in [9.17, 15) is 4.39 Å². The zero-order chi connectivity index (χ0) is 11.9. The lowest BCUT2D eigenvalue weighted by molar-refractivity contribution is 0.344. The Hall–Kier alpha value is -1.48. The molecule has 0 aliphatic carbocycles. The van der Waals surface area contributed by atoms with Crippen molar-refractivity contribution in [2.45, 2.75) is 4.90 Å². The lowest BCUT2D eigenvalue weighted by atomic mass is 10.3. The van der Waals surface area contributed by atoms with Crippen molar-refractivity contribution in [1.29, 1.82) is 0 Å². The van der Waals surface area contributed by atoms with E-state index >= 15 is 0 Å². The maximum atomic E-state index is 13.3. The molecule has 2 rings (SSSR count). The third-order valence-corrected chi connectivity index (χ3v) is 3.20. The van der Waals surface area contributed by atoms with Crippen LogP contribution in [0.15, 0.2) is 59.5 Å². The minimum absolute atomic E-state index is 0.169. The van der Waals surface area contributed by atoms with Gasteiger partial charge in [0.1, 0.15) is 11.6 Å². The average molecular weight is 248 g/mol. The van der Waals surface area contributed by atoms with Crippen LogP contribution in [0, 0.1) is 5.82 Å². The van der Waals surface area contributed by atoms with Gasteiger partial charge in [0, 0.05) is 10.6 Å². The number of ether oxygens (including phenoxy) is 1. The van der Waals surface area contributed by atoms with Gasteiger partial charge in [0.25, 0.3) is 0 Å². The number of rotatable bonds is 5. The third-order valence-electron chi connectivity index (χ3n) is 2.19. The highest BCUT2D eigenvalue weighted by Gasteiger charge is 2.00. The summed E-state index contributed by atoms with van der Waals surface area (Å²) in [5.74, 6) is 1.41. The van der Waals surface area contributed by atoms with E-state index in [1.807, 2.05) is 36.4 Å². The first-order valence-electron chi connectivity index (χ1n) is 5.41. The highest BCUT2D eigenvalue weighted by molar-refractivity contribution is 7.99. The van der Waals surface area contributed by atoms with E-state index in [4.69, 9.17) is 4.74 Å². The smallest absolute Gasteiger partial charge is 0.136 e. The summed E-state index contributed by atoms with van der Waals surface area (Å²) >= 11 is 1.47. The fraction of sp³-hybridized carbons (Fsp3) is 0.143. The summed E-state index contributed by atoms with van der Waals surface area (Å²) in [5.41, 5.74) is 0. The Morgan fingerprint density at radius 2 is 1.65 bits per heavy atom. The van der Waals surface area contributed by atoms with E-state index in [-0.39, 0.29) is 5.82 Å². The lowest BCUT2D eigenvalue weighted by Gasteiger charge is -2.06. The Balaban J connectivity index is 1.76. The molecule has 0 radical (unpaired) electrons. The molecule has 0 aliphatic heterocycles. The number of benzene rings is 2. The van der Waals surface area contributed by atoms with Crippen molar-refractivity contribution in [2.24, 2.45) is 0 Å². The standard InChI is InChI=1S/C14H13FOS/c15-13-8-4-5-9-14(13)17-11-10-16-12-6-2-1-3-7-12/h1-9H,10-11H2. The zero-order valence-corrected chi connectivity index (χ0v) is 10.1. The van der Waals surface area contributed by atoms with E-state index in [1.54, 1.807) is 12.1 Å². The van der Waals surface area contributed by atoms with Crippen molar-refractivity contribution in [1.82, 2.24) is 0 Å². The van der Waals surface area contributed by atoms with Gasteiger partial charge in [-0.3, -0.25) is 0 Å². The fourth-order valence-electron chi connectivity index (χ4n) is 1.39. The Labute approximate surface area is 105 Å². The van der Waals surface area contributed by atoms with E-state index in [2.05, 4.69) is 0 Å². The van der Waals surface area contributed by atoms with E-state index in [0.717, 1.165) is 11.5 Å². The molecule has 0 unspecified atom stereocenters. The van der Waals surface area contributed by atoms with Crippen LogP contribution in [0.4, 0.5) is 4.39 Å². The van der Waals surface area contributed by atoms with E-state index < -0.39 is 0 Å². The second-order valence-corrected chi connectivity index (χ2v) is 4.58. The summed E-state index contributed by atoms with van der Waals surface area (Å²) in [7, 11) is 0. The summed E-state index contributed by atoms with van der Waals surface area (Å²) in [6.07, 6.45) is 0. The summed E-state index contributed by atoms with van der Waals surface area (Å²) in [6.45, 7) is 0.572. The summed E-state index contributed by atoms with van der Waals surface area (Å²) in [6, 6.07) is 16.4. The molecular formula is C14H13FOS. The highest BCUT2D eigenvalue weighted by Crippen LogP contribution is 2.21. The van der Waals surface area contributed by atoms with E-state index in [1.165, 1.54) is 17.8 Å². The second-order valence-electron chi connectivity index (χ2n) is 3.44. The van der Waals surface area contributed by atoms with Crippen molar-refractivity contribution < 1.29 is 9.13 Å². The van der Waals surface area contributed by atoms with Crippen LogP contribution in [0.2, 0.25) is 0 Å². The Morgan fingerprint density at radius 3 is 2.41 bits per heavy atom. The molecule has 0 heterocycles. The van der Waals surface area contributed by atoms with Gasteiger partial charge in [0.05, 0.1) is 6.61 Å². The molecule has 2 aromatic carbocycles. The van der Waals surface area contributed by atoms with Gasteiger partial charge in [-0.2, -0.15) is 0 Å². The number of hydrogen-bond acceptors (Lipinski definition) is 2. The van der Waals surface area contributed by atoms with Gasteiger partial charge in [0.2, 0.25) is 0 Å². The van der Waals surface area contributed by atoms with Crippen LogP contribution in [-0.4, -0.2) is 12.4 Å². The van der Waals surface area contributed by atoms with Gasteiger partial charge in [0.15, 0.2) is 0 Å². The molecule has 0 N–H and O–H groups in total. The number of thioether (sulfide) groups is 1. The first-order chi connectivity index (χ1) is 8.36. The normalized spacial score (nSPS) is 10.2. The van der Waals surface area contributed by atoms with Crippen molar-refractivity contribution in [3.63, 3.8) is 0 Å². The fourth-order valence-corrected chi connectivity index (χ4v) is 2.16. The molecule has 1 nitrogen and oxygen atoms in total. The molecule has 0 fully saturated rings. The van der Waals surface area contributed by atoms with Gasteiger partial charge >= 0.3 is 0 Å². The van der Waals surface area contributed by atoms with E-state index in [0.29, 0.717) is 11.5 Å². The average Bonchev–Trinajstić information content (AvgIpc) is 2.38. The minimum Gasteiger partial charge on any atom is -0.493 e. The third kappa shape index (κ3) is 3.79. The molecule has 2 aromatic rings. The Kier molecular flexibility index (Phi) is 4.45. The largest absolute Gasteiger partial charge is 0.493 e. The zero-order valence-electron chi connectivity index (χ0n) is 9.30. The van der Waals surface area contributed by atoms with Crippen molar-refractivity contribution >= 4 is 11.8 Å². The molecule has 0 aromatic heterocycles. The van der Waals surface area contributed by atoms with Crippen LogP contribution < -0.4 is 4.74 Å². The van der Waals surface area contributed by atoms with Crippen molar-refractivity contribution in [3.05, 3.63) is 60.4 Å². The maximum absolute atomic E-state index is 13.3. The quantitative estimate of drug-likeness (QED) is 0.584. The lowest BCUT2D eigenvalue weighted by Crippen LogP contribution is -2.00. The topological polar surface area (TPSA) is 9.23 Å². The first kappa shape index (κ1) is 12.0. The van der Waals surface area contributed by atoms with Gasteiger partial charge < -0.3 is 4.74 Å². The van der Waals surface area contributed by atoms with Crippen molar-refractivity contribution in [2.75, 3.05) is 12.4 Å². The predicted octanol–water partition coefficient (Wildman–Crippen LogP) is 4.00. The predicted molar refractivity (Wildman–Crippen MR) is 69.1 cm³/mol. The molecule has 0 spiro atoms. The van der Waals surface area contributed by atoms with Crippen LogP contribution in [0.3, 0.4) is 0 Å². The first-order valence-corrected chi connectivity index (χ1v) is 6.40. The number of hydrogen-bond donors (Lipinski definition) is 0. The van der Waals surface area contributed by atoms with Crippen LogP contribution in [0.5, 0.6) is 5.75 Å². The van der Waals surface area contributed by atoms with Gasteiger partial charge in [-0.1, -0.05) is 30.3 Å². The summed E-state index contributed by atoms with van der Waals surface area (Å²) in [5, 5.41) is 0. The van der Waals surface area contributed by atoms with Crippen molar-refractivity contribution in [3.8, 4) is 5.75 Å². The molecule has 0 atom stereocenters.